The highest BCUT2D eigenvalue weighted by atomic mass is 79.9. The Balaban J connectivity index is 2.35. The molecule has 0 aliphatic rings. The van der Waals surface area contributed by atoms with E-state index in [-0.39, 0.29) is 17.5 Å². The van der Waals surface area contributed by atoms with Crippen LogP contribution in [0.2, 0.25) is 0 Å². The minimum Gasteiger partial charge on any atom is -0.439 e. The average Bonchev–Trinajstić information content (AvgIpc) is 2.26. The zero-order valence-corrected chi connectivity index (χ0v) is 11.4. The summed E-state index contributed by atoms with van der Waals surface area (Å²) in [5.74, 6) is 0.607. The predicted molar refractivity (Wildman–Crippen MR) is 72.1 cm³/mol. The number of nitrogen functional groups attached to an aromatic ring is 1. The first-order valence-corrected chi connectivity index (χ1v) is 5.97. The maximum atomic E-state index is 10.7. The molecule has 2 rings (SSSR count). The van der Waals surface area contributed by atoms with Crippen LogP contribution in [0.25, 0.3) is 0 Å². The van der Waals surface area contributed by atoms with Crippen molar-refractivity contribution in [2.75, 3.05) is 5.73 Å². The first-order chi connectivity index (χ1) is 8.94. The van der Waals surface area contributed by atoms with Gasteiger partial charge in [0.1, 0.15) is 5.75 Å². The summed E-state index contributed by atoms with van der Waals surface area (Å²) in [6, 6.07) is 5.87. The summed E-state index contributed by atoms with van der Waals surface area (Å²) in [6.07, 6.45) is 0. The number of nitrogens with zero attached hydrogens (tertiary/aromatic N) is 3. The van der Waals surface area contributed by atoms with Crippen LogP contribution >= 0.6 is 15.9 Å². The number of rotatable bonds is 3. The zero-order chi connectivity index (χ0) is 14.0. The van der Waals surface area contributed by atoms with Crippen molar-refractivity contribution < 1.29 is 9.66 Å². The van der Waals surface area contributed by atoms with Crippen LogP contribution in [0, 0.1) is 17.0 Å². The van der Waals surface area contributed by atoms with Gasteiger partial charge in [-0.25, -0.2) is 4.98 Å². The summed E-state index contributed by atoms with van der Waals surface area (Å²) in [6.45, 7) is 1.74. The molecule has 98 valence electrons. The van der Waals surface area contributed by atoms with E-state index in [4.69, 9.17) is 10.5 Å². The molecule has 0 unspecified atom stereocenters. The van der Waals surface area contributed by atoms with E-state index in [0.29, 0.717) is 15.9 Å². The summed E-state index contributed by atoms with van der Waals surface area (Å²) in [5.41, 5.74) is 6.07. The van der Waals surface area contributed by atoms with Gasteiger partial charge in [0.05, 0.1) is 11.0 Å². The first kappa shape index (κ1) is 13.2. The molecule has 0 bridgehead atoms. The maximum absolute atomic E-state index is 10.7. The number of halogens is 1. The molecule has 0 radical (unpaired) electrons. The fourth-order valence-electron chi connectivity index (χ4n) is 1.45. The second-order valence-electron chi connectivity index (χ2n) is 3.71. The largest absolute Gasteiger partial charge is 0.439 e. The molecule has 1 aromatic heterocycles. The van der Waals surface area contributed by atoms with Crippen molar-refractivity contribution in [3.8, 4) is 11.6 Å². The first-order valence-electron chi connectivity index (χ1n) is 5.18. The molecule has 2 N–H and O–H groups in total. The Morgan fingerprint density at radius 1 is 1.32 bits per heavy atom. The van der Waals surface area contributed by atoms with Gasteiger partial charge in [-0.15, -0.1) is 0 Å². The number of aromatic nitrogens is 2. The normalized spacial score (nSPS) is 10.2. The zero-order valence-electron chi connectivity index (χ0n) is 9.83. The molecule has 0 spiro atoms. The molecule has 8 heteroatoms. The lowest BCUT2D eigenvalue weighted by Gasteiger charge is -2.06. The van der Waals surface area contributed by atoms with Crippen LogP contribution in [0.5, 0.6) is 11.6 Å². The number of anilines is 1. The van der Waals surface area contributed by atoms with Crippen LogP contribution < -0.4 is 10.5 Å². The third kappa shape index (κ3) is 3.38. The lowest BCUT2D eigenvalue weighted by molar-refractivity contribution is -0.385. The number of aryl methyl sites for hydroxylation is 1. The number of ether oxygens (including phenoxy) is 1. The van der Waals surface area contributed by atoms with Crippen LogP contribution in [0.3, 0.4) is 0 Å². The van der Waals surface area contributed by atoms with Gasteiger partial charge >= 0.3 is 0 Å². The van der Waals surface area contributed by atoms with Crippen molar-refractivity contribution in [3.05, 3.63) is 44.5 Å². The highest BCUT2D eigenvalue weighted by Crippen LogP contribution is 2.29. The number of benzene rings is 1. The van der Waals surface area contributed by atoms with E-state index in [1.54, 1.807) is 19.1 Å². The van der Waals surface area contributed by atoms with E-state index >= 15 is 0 Å². The average molecular weight is 325 g/mol. The standard InChI is InChI=1S/C11H9BrN4O3/c1-6-2-10(15-11(13)14-6)19-9-4-7(12)3-8(5-9)16(17)18/h2-5H,1H3,(H2,13,14,15). The van der Waals surface area contributed by atoms with Crippen molar-refractivity contribution in [1.82, 2.24) is 9.97 Å². The third-order valence-electron chi connectivity index (χ3n) is 2.14. The molecule has 0 saturated heterocycles. The summed E-state index contributed by atoms with van der Waals surface area (Å²) in [5, 5.41) is 10.7. The van der Waals surface area contributed by atoms with Crippen molar-refractivity contribution in [3.63, 3.8) is 0 Å². The third-order valence-corrected chi connectivity index (χ3v) is 2.60. The van der Waals surface area contributed by atoms with E-state index < -0.39 is 4.92 Å². The van der Waals surface area contributed by atoms with Crippen molar-refractivity contribution >= 4 is 27.6 Å². The smallest absolute Gasteiger partial charge is 0.274 e. The van der Waals surface area contributed by atoms with Crippen molar-refractivity contribution in [2.45, 2.75) is 6.92 Å². The maximum Gasteiger partial charge on any atom is 0.274 e. The fraction of sp³-hybridized carbons (Fsp3) is 0.0909. The highest BCUT2D eigenvalue weighted by Gasteiger charge is 2.11. The second kappa shape index (κ2) is 5.19. The highest BCUT2D eigenvalue weighted by molar-refractivity contribution is 9.10. The lowest BCUT2D eigenvalue weighted by Crippen LogP contribution is -1.99. The van der Waals surface area contributed by atoms with Crippen LogP contribution in [0.15, 0.2) is 28.7 Å². The van der Waals surface area contributed by atoms with E-state index in [9.17, 15) is 10.1 Å². The van der Waals surface area contributed by atoms with Gasteiger partial charge in [-0.3, -0.25) is 10.1 Å². The Hall–Kier alpha value is -2.22. The van der Waals surface area contributed by atoms with Gasteiger partial charge in [-0.05, 0) is 13.0 Å². The molecule has 1 heterocycles. The number of nitro groups is 1. The SMILES string of the molecule is Cc1cc(Oc2cc(Br)cc([N+](=O)[O-])c2)nc(N)n1. The monoisotopic (exact) mass is 324 g/mol. The number of hydrogen-bond acceptors (Lipinski definition) is 6. The van der Waals surface area contributed by atoms with E-state index in [2.05, 4.69) is 25.9 Å². The molecule has 1 aromatic carbocycles. The molecule has 7 nitrogen and oxygen atoms in total. The van der Waals surface area contributed by atoms with Gasteiger partial charge in [-0.2, -0.15) is 4.98 Å². The molecule has 0 saturated carbocycles. The van der Waals surface area contributed by atoms with E-state index in [1.165, 1.54) is 12.1 Å². The predicted octanol–water partition coefficient (Wildman–Crippen LogP) is 2.83. The van der Waals surface area contributed by atoms with Crippen LogP contribution in [-0.2, 0) is 0 Å². The summed E-state index contributed by atoms with van der Waals surface area (Å²) >= 11 is 3.18. The van der Waals surface area contributed by atoms with Gasteiger partial charge in [0.25, 0.3) is 5.69 Å². The van der Waals surface area contributed by atoms with Gasteiger partial charge < -0.3 is 10.5 Å². The quantitative estimate of drug-likeness (QED) is 0.687. The summed E-state index contributed by atoms with van der Waals surface area (Å²) in [7, 11) is 0. The van der Waals surface area contributed by atoms with Gasteiger partial charge in [-0.1, -0.05) is 15.9 Å². The van der Waals surface area contributed by atoms with Crippen molar-refractivity contribution in [1.29, 1.82) is 0 Å². The Labute approximate surface area is 116 Å². The molecule has 0 fully saturated rings. The van der Waals surface area contributed by atoms with Crippen molar-refractivity contribution in [2.24, 2.45) is 0 Å². The lowest BCUT2D eigenvalue weighted by atomic mass is 10.3. The summed E-state index contributed by atoms with van der Waals surface area (Å²) in [4.78, 5) is 18.0. The Kier molecular flexibility index (Phi) is 3.61. The minimum atomic E-state index is -0.503. The molecular weight excluding hydrogens is 316 g/mol. The molecule has 19 heavy (non-hydrogen) atoms. The Morgan fingerprint density at radius 3 is 2.68 bits per heavy atom. The van der Waals surface area contributed by atoms with E-state index in [0.717, 1.165) is 0 Å². The Morgan fingerprint density at radius 2 is 2.05 bits per heavy atom. The molecule has 0 aliphatic heterocycles. The number of non-ortho nitro benzene ring substituents is 1. The van der Waals surface area contributed by atoms with Crippen LogP contribution in [0.1, 0.15) is 5.69 Å². The number of nitro benzene ring substituents is 1. The molecule has 0 amide bonds. The van der Waals surface area contributed by atoms with Crippen LogP contribution in [-0.4, -0.2) is 14.9 Å². The van der Waals surface area contributed by atoms with E-state index in [1.807, 2.05) is 0 Å². The second-order valence-corrected chi connectivity index (χ2v) is 4.63. The number of hydrogen-bond donors (Lipinski definition) is 1. The molecule has 2 aromatic rings. The molecule has 0 atom stereocenters. The fourth-order valence-corrected chi connectivity index (χ4v) is 1.91. The Bertz CT molecular complexity index is 628. The van der Waals surface area contributed by atoms with Gasteiger partial charge in [0.15, 0.2) is 0 Å². The topological polar surface area (TPSA) is 104 Å². The van der Waals surface area contributed by atoms with Crippen LogP contribution in [0.4, 0.5) is 11.6 Å². The summed E-state index contributed by atoms with van der Waals surface area (Å²) < 4.78 is 5.98. The van der Waals surface area contributed by atoms with Gasteiger partial charge in [0, 0.05) is 22.3 Å². The minimum absolute atomic E-state index is 0.0804. The number of nitrogens with two attached hydrogens (primary N) is 1. The molecule has 0 aliphatic carbocycles. The molecular formula is C11H9BrN4O3. The van der Waals surface area contributed by atoms with Gasteiger partial charge in [0.2, 0.25) is 11.8 Å².